The zero-order chi connectivity index (χ0) is 13.1. The standard InChI is InChI=1S/C12H13Cl2N3O/c1-15-12(18)7-17-10-3-2-8(14)6-9(10)16-11(17)4-5-13/h2-3,6H,4-5,7H2,1H3,(H,15,18). The first-order chi connectivity index (χ1) is 8.65. The van der Waals surface area contributed by atoms with E-state index in [1.54, 1.807) is 19.2 Å². The summed E-state index contributed by atoms with van der Waals surface area (Å²) in [5.41, 5.74) is 1.68. The molecule has 0 saturated carbocycles. The van der Waals surface area contributed by atoms with Gasteiger partial charge < -0.3 is 9.88 Å². The van der Waals surface area contributed by atoms with Crippen molar-refractivity contribution in [1.82, 2.24) is 14.9 Å². The Bertz CT molecular complexity index is 580. The molecule has 0 aliphatic rings. The van der Waals surface area contributed by atoms with Crippen LogP contribution in [0.1, 0.15) is 5.82 Å². The summed E-state index contributed by atoms with van der Waals surface area (Å²) in [6.07, 6.45) is 0.616. The number of aryl methyl sites for hydroxylation is 1. The highest BCUT2D eigenvalue weighted by Crippen LogP contribution is 2.21. The number of alkyl halides is 1. The molecule has 1 N–H and O–H groups in total. The van der Waals surface area contributed by atoms with Gasteiger partial charge in [0.2, 0.25) is 5.91 Å². The van der Waals surface area contributed by atoms with E-state index in [-0.39, 0.29) is 12.5 Å². The molecule has 0 radical (unpaired) electrons. The average molecular weight is 286 g/mol. The van der Waals surface area contributed by atoms with Gasteiger partial charge in [0.1, 0.15) is 12.4 Å². The number of rotatable bonds is 4. The number of hydrogen-bond donors (Lipinski definition) is 1. The molecule has 1 aromatic heterocycles. The maximum absolute atomic E-state index is 11.5. The van der Waals surface area contributed by atoms with Gasteiger partial charge in [-0.15, -0.1) is 11.6 Å². The van der Waals surface area contributed by atoms with Gasteiger partial charge in [-0.1, -0.05) is 11.6 Å². The van der Waals surface area contributed by atoms with E-state index in [9.17, 15) is 4.79 Å². The molecule has 0 aliphatic carbocycles. The molecule has 2 aromatic rings. The molecule has 4 nitrogen and oxygen atoms in total. The molecule has 1 heterocycles. The van der Waals surface area contributed by atoms with E-state index < -0.39 is 0 Å². The van der Waals surface area contributed by atoms with Crippen molar-refractivity contribution in [1.29, 1.82) is 0 Å². The Balaban J connectivity index is 2.51. The van der Waals surface area contributed by atoms with Crippen LogP contribution >= 0.6 is 23.2 Å². The third-order valence-corrected chi connectivity index (χ3v) is 3.11. The molecule has 0 atom stereocenters. The van der Waals surface area contributed by atoms with Crippen LogP contribution in [0.4, 0.5) is 0 Å². The summed E-state index contributed by atoms with van der Waals surface area (Å²) in [6.45, 7) is 0.237. The first-order valence-corrected chi connectivity index (χ1v) is 6.48. The fourth-order valence-electron chi connectivity index (χ4n) is 1.83. The van der Waals surface area contributed by atoms with Gasteiger partial charge in [-0.25, -0.2) is 4.98 Å². The summed E-state index contributed by atoms with van der Waals surface area (Å²) in [7, 11) is 1.61. The summed E-state index contributed by atoms with van der Waals surface area (Å²) < 4.78 is 1.87. The first kappa shape index (κ1) is 13.2. The van der Waals surface area contributed by atoms with Crippen molar-refractivity contribution in [3.8, 4) is 0 Å². The van der Waals surface area contributed by atoms with E-state index in [2.05, 4.69) is 10.3 Å². The maximum Gasteiger partial charge on any atom is 0.239 e. The van der Waals surface area contributed by atoms with Crippen molar-refractivity contribution in [2.45, 2.75) is 13.0 Å². The van der Waals surface area contributed by atoms with Crippen molar-refractivity contribution in [3.63, 3.8) is 0 Å². The minimum Gasteiger partial charge on any atom is -0.358 e. The lowest BCUT2D eigenvalue weighted by atomic mass is 10.3. The summed E-state index contributed by atoms with van der Waals surface area (Å²) in [5, 5.41) is 3.23. The number of fused-ring (bicyclic) bond motifs is 1. The lowest BCUT2D eigenvalue weighted by molar-refractivity contribution is -0.121. The second-order valence-electron chi connectivity index (χ2n) is 3.86. The van der Waals surface area contributed by atoms with E-state index in [0.29, 0.717) is 17.3 Å². The minimum atomic E-state index is -0.0694. The fourth-order valence-corrected chi connectivity index (χ4v) is 2.16. The van der Waals surface area contributed by atoms with Gasteiger partial charge in [-0.3, -0.25) is 4.79 Å². The molecule has 18 heavy (non-hydrogen) atoms. The van der Waals surface area contributed by atoms with Gasteiger partial charge in [-0.2, -0.15) is 0 Å². The monoisotopic (exact) mass is 285 g/mol. The van der Waals surface area contributed by atoms with Gasteiger partial charge in [0.25, 0.3) is 0 Å². The highest BCUT2D eigenvalue weighted by molar-refractivity contribution is 6.31. The highest BCUT2D eigenvalue weighted by Gasteiger charge is 2.12. The largest absolute Gasteiger partial charge is 0.358 e. The number of carbonyl (C=O) groups is 1. The minimum absolute atomic E-state index is 0.0694. The molecule has 0 bridgehead atoms. The van der Waals surface area contributed by atoms with Gasteiger partial charge in [0.15, 0.2) is 0 Å². The van der Waals surface area contributed by atoms with Crippen LogP contribution in [0, 0.1) is 0 Å². The number of benzene rings is 1. The number of aromatic nitrogens is 2. The molecule has 0 spiro atoms. The topological polar surface area (TPSA) is 46.9 Å². The van der Waals surface area contributed by atoms with Crippen LogP contribution in [0.15, 0.2) is 18.2 Å². The second kappa shape index (κ2) is 5.59. The molecule has 0 saturated heterocycles. The van der Waals surface area contributed by atoms with Gasteiger partial charge in [-0.05, 0) is 18.2 Å². The van der Waals surface area contributed by atoms with E-state index in [1.807, 2.05) is 10.6 Å². The predicted octanol–water partition coefficient (Wildman–Crippen LogP) is 2.22. The number of halogens is 2. The summed E-state index contributed by atoms with van der Waals surface area (Å²) in [4.78, 5) is 16.0. The maximum atomic E-state index is 11.5. The summed E-state index contributed by atoms with van der Waals surface area (Å²) >= 11 is 11.7. The van der Waals surface area contributed by atoms with E-state index >= 15 is 0 Å². The Kier molecular flexibility index (Phi) is 4.09. The Labute approximate surface area is 115 Å². The molecule has 96 valence electrons. The molecule has 0 unspecified atom stereocenters. The molecule has 0 aliphatic heterocycles. The zero-order valence-electron chi connectivity index (χ0n) is 9.91. The molecule has 1 aromatic carbocycles. The number of likely N-dealkylation sites (N-methyl/N-ethyl adjacent to an activating group) is 1. The quantitative estimate of drug-likeness (QED) is 0.876. The van der Waals surface area contributed by atoms with Crippen molar-refractivity contribution < 1.29 is 4.79 Å². The third-order valence-electron chi connectivity index (χ3n) is 2.69. The average Bonchev–Trinajstić information content (AvgIpc) is 2.67. The molecular formula is C12H13Cl2N3O. The van der Waals surface area contributed by atoms with Crippen LogP contribution in [0.2, 0.25) is 5.02 Å². The Morgan fingerprint density at radius 2 is 2.28 bits per heavy atom. The normalized spacial score (nSPS) is 10.8. The second-order valence-corrected chi connectivity index (χ2v) is 4.67. The van der Waals surface area contributed by atoms with Crippen LogP contribution in [-0.4, -0.2) is 28.4 Å². The third kappa shape index (κ3) is 2.60. The Morgan fingerprint density at radius 1 is 1.50 bits per heavy atom. The SMILES string of the molecule is CNC(=O)Cn1c(CCCl)nc2cc(Cl)ccc21. The first-order valence-electron chi connectivity index (χ1n) is 5.57. The van der Waals surface area contributed by atoms with Gasteiger partial charge in [0.05, 0.1) is 11.0 Å². The molecule has 2 rings (SSSR count). The highest BCUT2D eigenvalue weighted by atomic mass is 35.5. The van der Waals surface area contributed by atoms with Crippen molar-refractivity contribution in [2.75, 3.05) is 12.9 Å². The number of carbonyl (C=O) groups excluding carboxylic acids is 1. The van der Waals surface area contributed by atoms with Gasteiger partial charge in [0, 0.05) is 24.4 Å². The predicted molar refractivity (Wildman–Crippen MR) is 73.2 cm³/mol. The van der Waals surface area contributed by atoms with E-state index in [0.717, 1.165) is 16.9 Å². The Morgan fingerprint density at radius 3 is 2.94 bits per heavy atom. The number of amides is 1. The summed E-state index contributed by atoms with van der Waals surface area (Å²) in [5.74, 6) is 1.19. The van der Waals surface area contributed by atoms with Crippen LogP contribution in [-0.2, 0) is 17.8 Å². The number of nitrogens with one attached hydrogen (secondary N) is 1. The molecule has 1 amide bonds. The van der Waals surface area contributed by atoms with E-state index in [1.165, 1.54) is 0 Å². The molecular weight excluding hydrogens is 273 g/mol. The zero-order valence-corrected chi connectivity index (χ0v) is 11.4. The van der Waals surface area contributed by atoms with Crippen molar-refractivity contribution in [2.24, 2.45) is 0 Å². The number of nitrogens with zero attached hydrogens (tertiary/aromatic N) is 2. The number of hydrogen-bond acceptors (Lipinski definition) is 2. The molecule has 6 heteroatoms. The van der Waals surface area contributed by atoms with Crippen LogP contribution in [0.25, 0.3) is 11.0 Å². The van der Waals surface area contributed by atoms with Crippen molar-refractivity contribution in [3.05, 3.63) is 29.0 Å². The lowest BCUT2D eigenvalue weighted by Gasteiger charge is -2.07. The van der Waals surface area contributed by atoms with Crippen LogP contribution < -0.4 is 5.32 Å². The number of imidazole rings is 1. The lowest BCUT2D eigenvalue weighted by Crippen LogP contribution is -2.24. The van der Waals surface area contributed by atoms with Crippen LogP contribution in [0.3, 0.4) is 0 Å². The van der Waals surface area contributed by atoms with Crippen LogP contribution in [0.5, 0.6) is 0 Å². The smallest absolute Gasteiger partial charge is 0.239 e. The van der Waals surface area contributed by atoms with E-state index in [4.69, 9.17) is 23.2 Å². The van der Waals surface area contributed by atoms with Crippen molar-refractivity contribution >= 4 is 40.1 Å². The Hall–Kier alpha value is -1.26. The molecule has 0 fully saturated rings. The summed E-state index contributed by atoms with van der Waals surface area (Å²) in [6, 6.07) is 5.44. The van der Waals surface area contributed by atoms with Gasteiger partial charge >= 0.3 is 0 Å². The fraction of sp³-hybridized carbons (Fsp3) is 0.333.